The first-order chi connectivity index (χ1) is 16.5. The molecule has 3 aliphatic rings. The van der Waals surface area contributed by atoms with Crippen LogP contribution < -0.4 is 10.6 Å². The summed E-state index contributed by atoms with van der Waals surface area (Å²) in [6.45, 7) is 4.69. The Balaban J connectivity index is 1.31. The lowest BCUT2D eigenvalue weighted by molar-refractivity contribution is -0.136. The third-order valence-electron chi connectivity index (χ3n) is 8.25. The number of fused-ring (bicyclic) bond motifs is 2. The number of amides is 1. The van der Waals surface area contributed by atoms with Crippen LogP contribution in [0.25, 0.3) is 0 Å². The number of rotatable bonds is 5. The highest BCUT2D eigenvalue weighted by atomic mass is 35.5. The quantitative estimate of drug-likeness (QED) is 0.686. The van der Waals surface area contributed by atoms with Gasteiger partial charge in [-0.05, 0) is 80.9 Å². The van der Waals surface area contributed by atoms with Gasteiger partial charge in [-0.25, -0.2) is 0 Å². The van der Waals surface area contributed by atoms with Gasteiger partial charge in [-0.3, -0.25) is 9.69 Å². The number of nitrogens with zero attached hydrogens (tertiary/aromatic N) is 2. The molecule has 0 saturated carbocycles. The van der Waals surface area contributed by atoms with Gasteiger partial charge in [-0.1, -0.05) is 48.0 Å². The van der Waals surface area contributed by atoms with E-state index in [0.717, 1.165) is 75.4 Å². The second kappa shape index (κ2) is 10.4. The SMILES string of the molecule is CN1CCc2ccccc2C12CCN(C(=O)[C@@H](Cc1ccc(Cl)cc1)NC1CCCNC1)CC2. The lowest BCUT2D eigenvalue weighted by Gasteiger charge is -2.51. The van der Waals surface area contributed by atoms with Gasteiger partial charge < -0.3 is 15.5 Å². The number of carbonyl (C=O) groups excluding carboxylic acids is 1. The van der Waals surface area contributed by atoms with Crippen molar-refractivity contribution in [1.29, 1.82) is 0 Å². The first-order valence-corrected chi connectivity index (χ1v) is 13.2. The zero-order valence-corrected chi connectivity index (χ0v) is 21.0. The van der Waals surface area contributed by atoms with E-state index in [2.05, 4.69) is 51.7 Å². The largest absolute Gasteiger partial charge is 0.341 e. The van der Waals surface area contributed by atoms with Crippen LogP contribution in [0, 0.1) is 0 Å². The molecule has 3 heterocycles. The molecule has 2 aromatic rings. The highest BCUT2D eigenvalue weighted by Gasteiger charge is 2.44. The maximum Gasteiger partial charge on any atom is 0.240 e. The topological polar surface area (TPSA) is 47.6 Å². The van der Waals surface area contributed by atoms with Crippen molar-refractivity contribution in [2.24, 2.45) is 0 Å². The Labute approximate surface area is 208 Å². The molecule has 1 unspecified atom stereocenters. The second-order valence-corrected chi connectivity index (χ2v) is 10.7. The molecule has 5 nitrogen and oxygen atoms in total. The van der Waals surface area contributed by atoms with Crippen molar-refractivity contribution < 1.29 is 4.79 Å². The number of benzene rings is 2. The maximum atomic E-state index is 13.8. The molecule has 34 heavy (non-hydrogen) atoms. The summed E-state index contributed by atoms with van der Waals surface area (Å²) in [6, 6.07) is 17.0. The Hall–Kier alpha value is -1.92. The Kier molecular flexibility index (Phi) is 7.26. The Morgan fingerprint density at radius 3 is 2.65 bits per heavy atom. The molecule has 6 heteroatoms. The molecule has 5 rings (SSSR count). The highest BCUT2D eigenvalue weighted by Crippen LogP contribution is 2.42. The number of likely N-dealkylation sites (tertiary alicyclic amines) is 1. The summed E-state index contributed by atoms with van der Waals surface area (Å²) in [5.74, 6) is 0.238. The summed E-state index contributed by atoms with van der Waals surface area (Å²) < 4.78 is 0. The Morgan fingerprint density at radius 2 is 1.91 bits per heavy atom. The number of likely N-dealkylation sites (N-methyl/N-ethyl adjacent to an activating group) is 1. The lowest BCUT2D eigenvalue weighted by atomic mass is 9.74. The number of piperidine rings is 2. The van der Waals surface area contributed by atoms with Crippen LogP contribution in [0.5, 0.6) is 0 Å². The minimum atomic E-state index is -0.212. The normalized spacial score (nSPS) is 23.5. The molecule has 3 aliphatic heterocycles. The van der Waals surface area contributed by atoms with Gasteiger partial charge in [0.05, 0.1) is 6.04 Å². The fourth-order valence-electron chi connectivity index (χ4n) is 6.22. The molecule has 0 aromatic heterocycles. The fraction of sp³-hybridized carbons (Fsp3) is 0.536. The third kappa shape index (κ3) is 4.90. The lowest BCUT2D eigenvalue weighted by Crippen LogP contribution is -2.59. The molecule has 1 amide bonds. The van der Waals surface area contributed by atoms with E-state index in [0.29, 0.717) is 12.5 Å². The number of carbonyl (C=O) groups is 1. The van der Waals surface area contributed by atoms with Crippen molar-refractivity contribution in [2.75, 3.05) is 39.8 Å². The maximum absolute atomic E-state index is 13.8. The summed E-state index contributed by atoms with van der Waals surface area (Å²) in [7, 11) is 2.26. The average Bonchev–Trinajstić information content (AvgIpc) is 2.88. The molecule has 2 N–H and O–H groups in total. The molecule has 0 radical (unpaired) electrons. The van der Waals surface area contributed by atoms with Crippen LogP contribution in [-0.2, 0) is 23.2 Å². The Morgan fingerprint density at radius 1 is 1.15 bits per heavy atom. The first-order valence-electron chi connectivity index (χ1n) is 12.8. The van der Waals surface area contributed by atoms with E-state index in [9.17, 15) is 4.79 Å². The summed E-state index contributed by atoms with van der Waals surface area (Å²) in [5, 5.41) is 7.92. The van der Waals surface area contributed by atoms with Gasteiger partial charge in [-0.2, -0.15) is 0 Å². The van der Waals surface area contributed by atoms with E-state index in [1.165, 1.54) is 11.1 Å². The summed E-state index contributed by atoms with van der Waals surface area (Å²) in [6.07, 6.45) is 6.05. The molecule has 2 fully saturated rings. The predicted molar refractivity (Wildman–Crippen MR) is 138 cm³/mol. The molecule has 2 aromatic carbocycles. The van der Waals surface area contributed by atoms with Gasteiger partial charge in [0.2, 0.25) is 5.91 Å². The standard InChI is InChI=1S/C28H37ClN4O/c1-32-16-12-22-5-2-3-7-25(22)28(32)13-17-33(18-14-28)27(34)26(31-24-6-4-15-30-20-24)19-21-8-10-23(29)11-9-21/h2-3,5,7-11,24,26,30-31H,4,6,12-20H2,1H3/t24?,26-/m1/s1. The van der Waals surface area contributed by atoms with Gasteiger partial charge in [0.15, 0.2) is 0 Å². The molecule has 182 valence electrons. The zero-order valence-electron chi connectivity index (χ0n) is 20.2. The molecule has 0 aliphatic carbocycles. The molecule has 0 bridgehead atoms. The molecular weight excluding hydrogens is 444 g/mol. The van der Waals surface area contributed by atoms with E-state index in [-0.39, 0.29) is 17.5 Å². The number of halogens is 1. The first kappa shape index (κ1) is 23.8. The predicted octanol–water partition coefficient (Wildman–Crippen LogP) is 3.60. The number of nitrogens with one attached hydrogen (secondary N) is 2. The zero-order chi connectivity index (χ0) is 23.5. The van der Waals surface area contributed by atoms with Crippen LogP contribution in [0.4, 0.5) is 0 Å². The van der Waals surface area contributed by atoms with E-state index in [1.54, 1.807) is 0 Å². The molecule has 2 atom stereocenters. The summed E-state index contributed by atoms with van der Waals surface area (Å²) in [4.78, 5) is 18.5. The third-order valence-corrected chi connectivity index (χ3v) is 8.51. The van der Waals surface area contributed by atoms with E-state index < -0.39 is 0 Å². The fourth-order valence-corrected chi connectivity index (χ4v) is 6.35. The number of hydrogen-bond acceptors (Lipinski definition) is 4. The van der Waals surface area contributed by atoms with Crippen LogP contribution in [0.3, 0.4) is 0 Å². The summed E-state index contributed by atoms with van der Waals surface area (Å²) >= 11 is 6.10. The van der Waals surface area contributed by atoms with Crippen LogP contribution >= 0.6 is 11.6 Å². The van der Waals surface area contributed by atoms with Gasteiger partial charge in [0.1, 0.15) is 0 Å². The van der Waals surface area contributed by atoms with Crippen molar-refractivity contribution in [3.63, 3.8) is 0 Å². The Bertz CT molecular complexity index is 980. The van der Waals surface area contributed by atoms with Crippen LogP contribution in [0.2, 0.25) is 5.02 Å². The van der Waals surface area contributed by atoms with Crippen LogP contribution in [0.15, 0.2) is 48.5 Å². The molecule has 1 spiro atoms. The van der Waals surface area contributed by atoms with Crippen molar-refractivity contribution in [2.45, 2.75) is 56.1 Å². The average molecular weight is 481 g/mol. The van der Waals surface area contributed by atoms with Crippen molar-refractivity contribution in [1.82, 2.24) is 20.4 Å². The van der Waals surface area contributed by atoms with Crippen molar-refractivity contribution in [3.05, 3.63) is 70.2 Å². The van der Waals surface area contributed by atoms with Gasteiger partial charge >= 0.3 is 0 Å². The van der Waals surface area contributed by atoms with E-state index >= 15 is 0 Å². The minimum Gasteiger partial charge on any atom is -0.341 e. The molecule has 2 saturated heterocycles. The van der Waals surface area contributed by atoms with Crippen LogP contribution in [0.1, 0.15) is 42.4 Å². The number of hydrogen-bond donors (Lipinski definition) is 2. The smallest absolute Gasteiger partial charge is 0.240 e. The van der Waals surface area contributed by atoms with E-state index in [4.69, 9.17) is 11.6 Å². The molecular formula is C28H37ClN4O. The highest BCUT2D eigenvalue weighted by molar-refractivity contribution is 6.30. The van der Waals surface area contributed by atoms with Crippen molar-refractivity contribution >= 4 is 17.5 Å². The summed E-state index contributed by atoms with van der Waals surface area (Å²) in [5.41, 5.74) is 4.15. The van der Waals surface area contributed by atoms with Crippen molar-refractivity contribution in [3.8, 4) is 0 Å². The second-order valence-electron chi connectivity index (χ2n) is 10.3. The minimum absolute atomic E-state index is 0.0536. The van der Waals surface area contributed by atoms with E-state index in [1.807, 2.05) is 24.3 Å². The van der Waals surface area contributed by atoms with Crippen LogP contribution in [-0.4, -0.2) is 67.6 Å². The van der Waals surface area contributed by atoms with Gasteiger partial charge in [0.25, 0.3) is 0 Å². The van der Waals surface area contributed by atoms with Gasteiger partial charge in [0, 0.05) is 42.8 Å². The monoisotopic (exact) mass is 480 g/mol. The van der Waals surface area contributed by atoms with Gasteiger partial charge in [-0.15, -0.1) is 0 Å².